The zero-order valence-electron chi connectivity index (χ0n) is 14.6. The van der Waals surface area contributed by atoms with Crippen molar-refractivity contribution < 1.29 is 14.3 Å². The van der Waals surface area contributed by atoms with Crippen LogP contribution in [0, 0.1) is 5.41 Å². The van der Waals surface area contributed by atoms with Gasteiger partial charge in [-0.2, -0.15) is 0 Å². The second-order valence-electron chi connectivity index (χ2n) is 7.85. The lowest BCUT2D eigenvalue weighted by molar-refractivity contribution is 0.0204. The molecule has 0 aromatic heterocycles. The van der Waals surface area contributed by atoms with Crippen molar-refractivity contribution in [1.29, 1.82) is 0 Å². The second-order valence-corrected chi connectivity index (χ2v) is 7.85. The van der Waals surface area contributed by atoms with Gasteiger partial charge in [-0.05, 0) is 81.6 Å². The molecule has 4 heteroatoms. The summed E-state index contributed by atoms with van der Waals surface area (Å²) < 4.78 is 10.3. The molecule has 2 aliphatic rings. The zero-order valence-corrected chi connectivity index (χ0v) is 14.6. The predicted molar refractivity (Wildman–Crippen MR) is 93.1 cm³/mol. The first-order valence-electron chi connectivity index (χ1n) is 8.51. The molecule has 128 valence electrons. The average molecular weight is 328 g/mol. The third kappa shape index (κ3) is 4.05. The van der Waals surface area contributed by atoms with E-state index < -0.39 is 11.8 Å². The Hall–Kier alpha value is -2.10. The molecule has 0 amide bonds. The summed E-state index contributed by atoms with van der Waals surface area (Å²) in [5, 5.41) is 0. The monoisotopic (exact) mass is 328 g/mol. The molecule has 0 bridgehead atoms. The highest BCUT2D eigenvalue weighted by Crippen LogP contribution is 2.56. The van der Waals surface area contributed by atoms with E-state index in [4.69, 9.17) is 9.47 Å². The normalized spacial score (nSPS) is 18.7. The van der Waals surface area contributed by atoms with Gasteiger partial charge < -0.3 is 9.47 Å². The van der Waals surface area contributed by atoms with Gasteiger partial charge in [0.2, 0.25) is 5.43 Å². The summed E-state index contributed by atoms with van der Waals surface area (Å²) in [5.74, 6) is 0.0110. The van der Waals surface area contributed by atoms with Crippen LogP contribution in [0.25, 0.3) is 5.57 Å². The molecule has 1 fully saturated rings. The zero-order chi connectivity index (χ0) is 17.4. The molecule has 1 saturated carbocycles. The fraction of sp³-hybridized carbons (Fsp3) is 0.500. The van der Waals surface area contributed by atoms with Crippen molar-refractivity contribution in [3.8, 4) is 5.75 Å². The highest BCUT2D eigenvalue weighted by Gasteiger charge is 2.42. The van der Waals surface area contributed by atoms with Crippen molar-refractivity contribution in [2.75, 3.05) is 0 Å². The Kier molecular flexibility index (Phi) is 4.24. The molecule has 0 heterocycles. The maximum absolute atomic E-state index is 12.1. The molecular weight excluding hydrogens is 304 g/mol. The van der Waals surface area contributed by atoms with Crippen molar-refractivity contribution in [2.24, 2.45) is 5.41 Å². The van der Waals surface area contributed by atoms with Crippen LogP contribution in [0.5, 0.6) is 5.75 Å². The Bertz CT molecular complexity index is 736. The Morgan fingerprint density at radius 2 is 1.92 bits per heavy atom. The van der Waals surface area contributed by atoms with Crippen molar-refractivity contribution >= 4 is 11.7 Å². The summed E-state index contributed by atoms with van der Waals surface area (Å²) in [6.07, 6.45) is 7.38. The summed E-state index contributed by atoms with van der Waals surface area (Å²) in [7, 11) is 0. The van der Waals surface area contributed by atoms with E-state index in [0.717, 1.165) is 18.4 Å². The van der Waals surface area contributed by atoms with Crippen LogP contribution in [-0.2, 0) is 4.74 Å². The van der Waals surface area contributed by atoms with Crippen LogP contribution in [0.15, 0.2) is 35.1 Å². The van der Waals surface area contributed by atoms with E-state index in [1.807, 2.05) is 6.07 Å². The maximum Gasteiger partial charge on any atom is 0.514 e. The number of carbonyl (C=O) groups excluding carboxylic acids is 1. The second kappa shape index (κ2) is 6.08. The van der Waals surface area contributed by atoms with E-state index in [1.54, 1.807) is 32.9 Å². The van der Waals surface area contributed by atoms with Crippen LogP contribution in [0.3, 0.4) is 0 Å². The van der Waals surface area contributed by atoms with E-state index >= 15 is 0 Å². The molecule has 4 nitrogen and oxygen atoms in total. The number of hydrogen-bond acceptors (Lipinski definition) is 4. The standard InChI is InChI=1S/C20H24O4/c1-19(2,3)24-18(22)23-17-13-15(5-4-6-16(17)21)14-7-9-20(10-8-14)11-12-20/h4-7,13H,8-12H2,1-3H3. The molecule has 0 unspecified atom stereocenters. The Balaban J connectivity index is 1.82. The molecular formula is C20H24O4. The molecule has 1 aromatic rings. The van der Waals surface area contributed by atoms with E-state index in [9.17, 15) is 9.59 Å². The van der Waals surface area contributed by atoms with Gasteiger partial charge in [0.25, 0.3) is 0 Å². The number of carbonyl (C=O) groups is 1. The maximum atomic E-state index is 12.1. The topological polar surface area (TPSA) is 52.6 Å². The van der Waals surface area contributed by atoms with Gasteiger partial charge in [0.15, 0.2) is 5.75 Å². The summed E-state index contributed by atoms with van der Waals surface area (Å²) in [4.78, 5) is 24.0. The van der Waals surface area contributed by atoms with Gasteiger partial charge >= 0.3 is 6.16 Å². The Morgan fingerprint density at radius 1 is 1.17 bits per heavy atom. The first kappa shape index (κ1) is 16.7. The van der Waals surface area contributed by atoms with Crippen LogP contribution >= 0.6 is 0 Å². The van der Waals surface area contributed by atoms with E-state index in [2.05, 4.69) is 6.08 Å². The van der Waals surface area contributed by atoms with Crippen molar-refractivity contribution in [3.63, 3.8) is 0 Å². The van der Waals surface area contributed by atoms with Gasteiger partial charge in [-0.25, -0.2) is 4.79 Å². The van der Waals surface area contributed by atoms with Gasteiger partial charge in [-0.15, -0.1) is 0 Å². The SMILES string of the molecule is CC(C)(C)OC(=O)Oc1cc(C2=CCC3(CC2)CC3)cccc1=O. The highest BCUT2D eigenvalue weighted by atomic mass is 16.7. The molecule has 0 saturated heterocycles. The average Bonchev–Trinajstić information content (AvgIpc) is 3.25. The molecule has 0 aliphatic heterocycles. The summed E-state index contributed by atoms with van der Waals surface area (Å²) in [6.45, 7) is 5.26. The number of rotatable bonds is 2. The minimum absolute atomic E-state index is 0.0110. The molecule has 0 radical (unpaired) electrons. The van der Waals surface area contributed by atoms with Gasteiger partial charge in [-0.1, -0.05) is 18.2 Å². The van der Waals surface area contributed by atoms with Crippen LogP contribution in [-0.4, -0.2) is 11.8 Å². The molecule has 3 rings (SSSR count). The van der Waals surface area contributed by atoms with Crippen molar-refractivity contribution in [3.05, 3.63) is 46.1 Å². The number of allylic oxidation sites excluding steroid dienone is 2. The lowest BCUT2D eigenvalue weighted by Crippen LogP contribution is -2.27. The first-order valence-corrected chi connectivity index (χ1v) is 8.51. The third-order valence-corrected chi connectivity index (χ3v) is 4.67. The smallest absolute Gasteiger partial charge is 0.428 e. The molecule has 1 aromatic carbocycles. The highest BCUT2D eigenvalue weighted by molar-refractivity contribution is 5.69. The summed E-state index contributed by atoms with van der Waals surface area (Å²) in [5.41, 5.74) is 1.72. The molecule has 0 atom stereocenters. The summed E-state index contributed by atoms with van der Waals surface area (Å²) >= 11 is 0. The first-order chi connectivity index (χ1) is 11.3. The van der Waals surface area contributed by atoms with Crippen LogP contribution in [0.1, 0.15) is 58.4 Å². The van der Waals surface area contributed by atoms with Gasteiger partial charge in [-0.3, -0.25) is 4.79 Å². The molecule has 0 N–H and O–H groups in total. The minimum atomic E-state index is -0.855. The Morgan fingerprint density at radius 3 is 2.50 bits per heavy atom. The molecule has 1 spiro atoms. The number of ether oxygens (including phenoxy) is 2. The van der Waals surface area contributed by atoms with Gasteiger partial charge in [0.05, 0.1) is 0 Å². The van der Waals surface area contributed by atoms with E-state index in [-0.39, 0.29) is 11.2 Å². The van der Waals surface area contributed by atoms with Crippen LogP contribution < -0.4 is 10.2 Å². The number of hydrogen-bond donors (Lipinski definition) is 0. The van der Waals surface area contributed by atoms with Gasteiger partial charge in [0, 0.05) is 0 Å². The van der Waals surface area contributed by atoms with Crippen LogP contribution in [0.4, 0.5) is 4.79 Å². The predicted octanol–water partition coefficient (Wildman–Crippen LogP) is 4.71. The fourth-order valence-electron chi connectivity index (χ4n) is 3.06. The third-order valence-electron chi connectivity index (χ3n) is 4.67. The van der Waals surface area contributed by atoms with Crippen molar-refractivity contribution in [2.45, 2.75) is 58.5 Å². The fourth-order valence-corrected chi connectivity index (χ4v) is 3.06. The van der Waals surface area contributed by atoms with E-state index in [1.165, 1.54) is 30.9 Å². The Labute approximate surface area is 142 Å². The molecule has 24 heavy (non-hydrogen) atoms. The van der Waals surface area contributed by atoms with Gasteiger partial charge in [0.1, 0.15) is 5.60 Å². The van der Waals surface area contributed by atoms with Crippen LogP contribution in [0.2, 0.25) is 0 Å². The lowest BCUT2D eigenvalue weighted by atomic mass is 9.85. The quantitative estimate of drug-likeness (QED) is 0.738. The van der Waals surface area contributed by atoms with Crippen molar-refractivity contribution in [1.82, 2.24) is 0 Å². The summed E-state index contributed by atoms with van der Waals surface area (Å²) in [6, 6.07) is 6.68. The molecule has 2 aliphatic carbocycles. The minimum Gasteiger partial charge on any atom is -0.428 e. The lowest BCUT2D eigenvalue weighted by Gasteiger charge is -2.21. The van der Waals surface area contributed by atoms with E-state index in [0.29, 0.717) is 5.41 Å². The largest absolute Gasteiger partial charge is 0.514 e.